The van der Waals surface area contributed by atoms with Gasteiger partial charge in [-0.2, -0.15) is 0 Å². The summed E-state index contributed by atoms with van der Waals surface area (Å²) in [6.07, 6.45) is 1.32. The van der Waals surface area contributed by atoms with Crippen molar-refractivity contribution in [1.82, 2.24) is 4.98 Å². The standard InChI is InChI=1S/C11H13FN2O2/c12-7-3-1-4-8(7)13-10-6-2-5-9(14-10)11(15)16/h2,5-8H,1,3-4H2,(H,13,14)(H,15,16)/t7-,8+/m0/s1. The van der Waals surface area contributed by atoms with Crippen LogP contribution in [0.5, 0.6) is 0 Å². The number of hydrogen-bond donors (Lipinski definition) is 2. The number of halogens is 1. The minimum Gasteiger partial charge on any atom is -0.477 e. The van der Waals surface area contributed by atoms with Gasteiger partial charge in [-0.05, 0) is 31.4 Å². The fourth-order valence-electron chi connectivity index (χ4n) is 1.90. The van der Waals surface area contributed by atoms with Crippen molar-refractivity contribution in [3.05, 3.63) is 23.9 Å². The Kier molecular flexibility index (Phi) is 3.03. The zero-order chi connectivity index (χ0) is 11.5. The third-order valence-electron chi connectivity index (χ3n) is 2.73. The number of nitrogens with one attached hydrogen (secondary N) is 1. The second-order valence-electron chi connectivity index (χ2n) is 3.91. The molecule has 2 atom stereocenters. The fourth-order valence-corrected chi connectivity index (χ4v) is 1.90. The summed E-state index contributed by atoms with van der Waals surface area (Å²) in [5.74, 6) is -0.652. The minimum absolute atomic E-state index is 0.0293. The van der Waals surface area contributed by atoms with Crippen LogP contribution in [-0.2, 0) is 0 Å². The van der Waals surface area contributed by atoms with E-state index in [0.717, 1.165) is 12.8 Å². The van der Waals surface area contributed by atoms with Crippen LogP contribution < -0.4 is 5.32 Å². The summed E-state index contributed by atoms with van der Waals surface area (Å²) in [5, 5.41) is 11.7. The summed E-state index contributed by atoms with van der Waals surface area (Å²) < 4.78 is 13.3. The Bertz CT molecular complexity index is 397. The number of nitrogens with zero attached hydrogens (tertiary/aromatic N) is 1. The van der Waals surface area contributed by atoms with E-state index in [4.69, 9.17) is 5.11 Å². The van der Waals surface area contributed by atoms with Crippen molar-refractivity contribution in [1.29, 1.82) is 0 Å². The molecule has 0 amide bonds. The van der Waals surface area contributed by atoms with Crippen LogP contribution >= 0.6 is 0 Å². The molecule has 0 saturated heterocycles. The number of pyridine rings is 1. The van der Waals surface area contributed by atoms with Crippen LogP contribution in [-0.4, -0.2) is 28.3 Å². The third-order valence-corrected chi connectivity index (χ3v) is 2.73. The van der Waals surface area contributed by atoms with Crippen molar-refractivity contribution in [2.75, 3.05) is 5.32 Å². The molecule has 0 aliphatic heterocycles. The molecule has 1 aliphatic rings. The predicted octanol–water partition coefficient (Wildman–Crippen LogP) is 2.08. The molecule has 0 aromatic carbocycles. The Morgan fingerprint density at radius 3 is 2.94 bits per heavy atom. The molecule has 0 bridgehead atoms. The molecule has 2 N–H and O–H groups in total. The van der Waals surface area contributed by atoms with Gasteiger partial charge in [0.25, 0.3) is 0 Å². The Labute approximate surface area is 92.5 Å². The average molecular weight is 224 g/mol. The molecule has 1 aliphatic carbocycles. The summed E-state index contributed by atoms with van der Waals surface area (Å²) in [6, 6.07) is 4.42. The Morgan fingerprint density at radius 1 is 1.50 bits per heavy atom. The maximum absolute atomic E-state index is 13.3. The highest BCUT2D eigenvalue weighted by Crippen LogP contribution is 2.24. The molecule has 1 saturated carbocycles. The molecule has 4 nitrogen and oxygen atoms in total. The van der Waals surface area contributed by atoms with Crippen LogP contribution in [0.1, 0.15) is 29.8 Å². The zero-order valence-electron chi connectivity index (χ0n) is 8.69. The lowest BCUT2D eigenvalue weighted by Crippen LogP contribution is -2.25. The maximum Gasteiger partial charge on any atom is 0.354 e. The van der Waals surface area contributed by atoms with Crippen LogP contribution in [0.2, 0.25) is 0 Å². The first-order valence-electron chi connectivity index (χ1n) is 5.28. The average Bonchev–Trinajstić information content (AvgIpc) is 2.65. The van der Waals surface area contributed by atoms with Gasteiger partial charge in [-0.1, -0.05) is 6.07 Å². The smallest absolute Gasteiger partial charge is 0.354 e. The fraction of sp³-hybridized carbons (Fsp3) is 0.455. The Balaban J connectivity index is 2.09. The van der Waals surface area contributed by atoms with E-state index in [1.165, 1.54) is 6.07 Å². The summed E-state index contributed by atoms with van der Waals surface area (Å²) >= 11 is 0. The van der Waals surface area contributed by atoms with Crippen LogP contribution in [0.15, 0.2) is 18.2 Å². The molecule has 1 fully saturated rings. The lowest BCUT2D eigenvalue weighted by atomic mass is 10.2. The van der Waals surface area contributed by atoms with Gasteiger partial charge in [-0.15, -0.1) is 0 Å². The molecular formula is C11H13FN2O2. The number of rotatable bonds is 3. The summed E-state index contributed by atoms with van der Waals surface area (Å²) in [6.45, 7) is 0. The Hall–Kier alpha value is -1.65. The van der Waals surface area contributed by atoms with Gasteiger partial charge in [0.2, 0.25) is 0 Å². The number of carboxylic acid groups (broad SMARTS) is 1. The maximum atomic E-state index is 13.3. The topological polar surface area (TPSA) is 62.2 Å². The summed E-state index contributed by atoms with van der Waals surface area (Å²) in [5.41, 5.74) is -0.0293. The molecular weight excluding hydrogens is 211 g/mol. The predicted molar refractivity (Wildman–Crippen MR) is 57.4 cm³/mol. The van der Waals surface area contributed by atoms with Gasteiger partial charge in [0, 0.05) is 0 Å². The van der Waals surface area contributed by atoms with E-state index < -0.39 is 12.1 Å². The van der Waals surface area contributed by atoms with Crippen molar-refractivity contribution >= 4 is 11.8 Å². The highest BCUT2D eigenvalue weighted by molar-refractivity contribution is 5.85. The number of carboxylic acids is 1. The highest BCUT2D eigenvalue weighted by atomic mass is 19.1. The van der Waals surface area contributed by atoms with E-state index in [-0.39, 0.29) is 11.7 Å². The molecule has 0 radical (unpaired) electrons. The van der Waals surface area contributed by atoms with Crippen LogP contribution in [0.25, 0.3) is 0 Å². The highest BCUT2D eigenvalue weighted by Gasteiger charge is 2.26. The number of aromatic nitrogens is 1. The first kappa shape index (κ1) is 10.9. The molecule has 2 rings (SSSR count). The van der Waals surface area contributed by atoms with Crippen molar-refractivity contribution in [2.24, 2.45) is 0 Å². The second-order valence-corrected chi connectivity index (χ2v) is 3.91. The normalized spacial score (nSPS) is 24.3. The lowest BCUT2D eigenvalue weighted by Gasteiger charge is -2.15. The van der Waals surface area contributed by atoms with Crippen molar-refractivity contribution in [3.8, 4) is 0 Å². The Morgan fingerprint density at radius 2 is 2.31 bits per heavy atom. The van der Waals surface area contributed by atoms with Crippen molar-refractivity contribution in [3.63, 3.8) is 0 Å². The molecule has 5 heteroatoms. The zero-order valence-corrected chi connectivity index (χ0v) is 8.69. The largest absolute Gasteiger partial charge is 0.477 e. The van der Waals surface area contributed by atoms with Gasteiger partial charge in [0.1, 0.15) is 12.0 Å². The second kappa shape index (κ2) is 4.47. The summed E-state index contributed by atoms with van der Waals surface area (Å²) in [4.78, 5) is 14.6. The van der Waals surface area contributed by atoms with Crippen molar-refractivity contribution in [2.45, 2.75) is 31.5 Å². The lowest BCUT2D eigenvalue weighted by molar-refractivity contribution is 0.0690. The first-order valence-corrected chi connectivity index (χ1v) is 5.28. The van der Waals surface area contributed by atoms with Crippen LogP contribution in [0.3, 0.4) is 0 Å². The van der Waals surface area contributed by atoms with E-state index in [1.807, 2.05) is 0 Å². The molecule has 16 heavy (non-hydrogen) atoms. The van der Waals surface area contributed by atoms with E-state index >= 15 is 0 Å². The van der Waals surface area contributed by atoms with Gasteiger partial charge in [-0.3, -0.25) is 0 Å². The first-order chi connectivity index (χ1) is 7.66. The molecule has 1 aromatic heterocycles. The van der Waals surface area contributed by atoms with E-state index in [0.29, 0.717) is 12.2 Å². The minimum atomic E-state index is -1.08. The van der Waals surface area contributed by atoms with Gasteiger partial charge in [0.15, 0.2) is 5.69 Å². The molecule has 1 aromatic rings. The van der Waals surface area contributed by atoms with Gasteiger partial charge >= 0.3 is 5.97 Å². The third kappa shape index (κ3) is 2.29. The monoisotopic (exact) mass is 224 g/mol. The van der Waals surface area contributed by atoms with E-state index in [9.17, 15) is 9.18 Å². The summed E-state index contributed by atoms with van der Waals surface area (Å²) in [7, 11) is 0. The van der Waals surface area contributed by atoms with Crippen molar-refractivity contribution < 1.29 is 14.3 Å². The number of aromatic carboxylic acids is 1. The number of alkyl halides is 1. The van der Waals surface area contributed by atoms with Gasteiger partial charge in [0.05, 0.1) is 6.04 Å². The number of carbonyl (C=O) groups is 1. The van der Waals surface area contributed by atoms with Gasteiger partial charge < -0.3 is 10.4 Å². The van der Waals surface area contributed by atoms with E-state index in [1.54, 1.807) is 12.1 Å². The van der Waals surface area contributed by atoms with E-state index in [2.05, 4.69) is 10.3 Å². The molecule has 1 heterocycles. The quantitative estimate of drug-likeness (QED) is 0.825. The molecule has 86 valence electrons. The number of anilines is 1. The molecule has 0 unspecified atom stereocenters. The number of hydrogen-bond acceptors (Lipinski definition) is 3. The van der Waals surface area contributed by atoms with Crippen LogP contribution in [0, 0.1) is 0 Å². The van der Waals surface area contributed by atoms with Crippen LogP contribution in [0.4, 0.5) is 10.2 Å². The molecule has 0 spiro atoms. The SMILES string of the molecule is O=C(O)c1cccc(N[C@@H]2CCC[C@@H]2F)n1. The van der Waals surface area contributed by atoms with Gasteiger partial charge in [-0.25, -0.2) is 14.2 Å².